The highest BCUT2D eigenvalue weighted by atomic mass is 16.2. The minimum Gasteiger partial charge on any atom is -0.342 e. The van der Waals surface area contributed by atoms with Gasteiger partial charge in [-0.3, -0.25) is 4.79 Å². The Hall–Kier alpha value is -0.530. The van der Waals surface area contributed by atoms with Crippen molar-refractivity contribution in [2.45, 2.75) is 78.6 Å². The second-order valence-electron chi connectivity index (χ2n) is 8.83. The summed E-state index contributed by atoms with van der Waals surface area (Å²) in [4.78, 5) is 14.9. The molecule has 2 bridgehead atoms. The fourth-order valence-electron chi connectivity index (χ4n) is 5.17. The molecule has 0 aromatic heterocycles. The molecule has 3 fully saturated rings. The summed E-state index contributed by atoms with van der Waals surface area (Å²) in [7, 11) is 0. The number of carbonyl (C=O) groups is 1. The molecule has 21 heavy (non-hydrogen) atoms. The van der Waals surface area contributed by atoms with Gasteiger partial charge in [0.1, 0.15) is 0 Å². The second kappa shape index (κ2) is 5.59. The Kier molecular flexibility index (Phi) is 4.09. The Balaban J connectivity index is 1.54. The molecule has 0 aromatic rings. The first-order valence-electron chi connectivity index (χ1n) is 9.20. The lowest BCUT2D eigenvalue weighted by molar-refractivity contribution is -0.139. The fraction of sp³-hybridized carbons (Fsp3) is 0.947. The molecule has 3 aliphatic rings. The zero-order valence-corrected chi connectivity index (χ0v) is 14.3. The molecule has 3 rings (SSSR count). The van der Waals surface area contributed by atoms with Crippen LogP contribution in [0.4, 0.5) is 0 Å². The van der Waals surface area contributed by atoms with E-state index in [4.69, 9.17) is 0 Å². The lowest BCUT2D eigenvalue weighted by atomic mass is 9.63. The SMILES string of the molecule is CC1(C)C2CC[C@]1(C)CN(C(=O)CCC1CCCCC1)C2. The third kappa shape index (κ3) is 2.75. The summed E-state index contributed by atoms with van der Waals surface area (Å²) in [6.07, 6.45) is 11.5. The van der Waals surface area contributed by atoms with E-state index in [-0.39, 0.29) is 0 Å². The number of carbonyl (C=O) groups excluding carboxylic acids is 1. The average Bonchev–Trinajstić information content (AvgIpc) is 2.63. The largest absolute Gasteiger partial charge is 0.342 e. The van der Waals surface area contributed by atoms with Gasteiger partial charge >= 0.3 is 0 Å². The molecule has 2 atom stereocenters. The Morgan fingerprint density at radius 1 is 1.10 bits per heavy atom. The molecule has 1 amide bonds. The summed E-state index contributed by atoms with van der Waals surface area (Å²) in [5.41, 5.74) is 0.754. The summed E-state index contributed by atoms with van der Waals surface area (Å²) in [5, 5.41) is 0. The molecule has 2 saturated carbocycles. The van der Waals surface area contributed by atoms with Crippen LogP contribution in [0.2, 0.25) is 0 Å². The molecule has 0 N–H and O–H groups in total. The first kappa shape index (κ1) is 15.4. The van der Waals surface area contributed by atoms with Crippen molar-refractivity contribution in [2.24, 2.45) is 22.7 Å². The Labute approximate surface area is 130 Å². The number of hydrogen-bond donors (Lipinski definition) is 0. The van der Waals surface area contributed by atoms with Gasteiger partial charge in [-0.1, -0.05) is 52.9 Å². The molecule has 1 unspecified atom stereocenters. The van der Waals surface area contributed by atoms with Crippen LogP contribution in [-0.2, 0) is 4.79 Å². The van der Waals surface area contributed by atoms with E-state index in [2.05, 4.69) is 25.7 Å². The molecular weight excluding hydrogens is 258 g/mol. The molecule has 2 heteroatoms. The van der Waals surface area contributed by atoms with Gasteiger partial charge in [0.05, 0.1) is 0 Å². The smallest absolute Gasteiger partial charge is 0.222 e. The summed E-state index contributed by atoms with van der Waals surface area (Å²) in [6, 6.07) is 0. The third-order valence-corrected chi connectivity index (χ3v) is 7.45. The van der Waals surface area contributed by atoms with E-state index in [9.17, 15) is 4.79 Å². The van der Waals surface area contributed by atoms with E-state index in [1.807, 2.05) is 0 Å². The first-order chi connectivity index (χ1) is 9.92. The second-order valence-corrected chi connectivity index (χ2v) is 8.83. The Morgan fingerprint density at radius 3 is 2.48 bits per heavy atom. The molecule has 1 saturated heterocycles. The topological polar surface area (TPSA) is 20.3 Å². The fourth-order valence-corrected chi connectivity index (χ4v) is 5.17. The minimum atomic E-state index is 0.344. The molecule has 1 heterocycles. The van der Waals surface area contributed by atoms with Crippen LogP contribution in [0.1, 0.15) is 78.6 Å². The lowest BCUT2D eigenvalue weighted by Crippen LogP contribution is -2.53. The van der Waals surface area contributed by atoms with E-state index in [1.165, 1.54) is 44.9 Å². The van der Waals surface area contributed by atoms with Crippen molar-refractivity contribution in [2.75, 3.05) is 13.1 Å². The Bertz CT molecular complexity index is 396. The molecule has 0 aromatic carbocycles. The summed E-state index contributed by atoms with van der Waals surface area (Å²) in [6.45, 7) is 9.28. The predicted molar refractivity (Wildman–Crippen MR) is 87.0 cm³/mol. The number of likely N-dealkylation sites (tertiary alicyclic amines) is 1. The van der Waals surface area contributed by atoms with Gasteiger partial charge in [-0.15, -0.1) is 0 Å². The van der Waals surface area contributed by atoms with Crippen LogP contribution in [0.15, 0.2) is 0 Å². The predicted octanol–water partition coefficient (Wildman–Crippen LogP) is 4.63. The van der Waals surface area contributed by atoms with Gasteiger partial charge in [-0.05, 0) is 41.9 Å². The normalized spacial score (nSPS) is 36.0. The van der Waals surface area contributed by atoms with Crippen LogP contribution in [-0.4, -0.2) is 23.9 Å². The van der Waals surface area contributed by atoms with Crippen molar-refractivity contribution in [3.8, 4) is 0 Å². The van der Waals surface area contributed by atoms with Gasteiger partial charge in [-0.2, -0.15) is 0 Å². The van der Waals surface area contributed by atoms with Gasteiger partial charge in [0.15, 0.2) is 0 Å². The maximum absolute atomic E-state index is 12.6. The van der Waals surface area contributed by atoms with Crippen molar-refractivity contribution >= 4 is 5.91 Å². The number of amides is 1. The van der Waals surface area contributed by atoms with E-state index >= 15 is 0 Å². The standard InChI is InChI=1S/C19H33NO/c1-18(2)16-11-12-19(18,3)14-20(13-16)17(21)10-9-15-7-5-4-6-8-15/h15-16H,4-14H2,1-3H3/t16?,19-/m1/s1. The first-order valence-corrected chi connectivity index (χ1v) is 9.20. The number of fused-ring (bicyclic) bond motifs is 2. The molecule has 0 radical (unpaired) electrons. The highest BCUT2D eigenvalue weighted by Gasteiger charge is 2.55. The molecule has 2 nitrogen and oxygen atoms in total. The third-order valence-electron chi connectivity index (χ3n) is 7.45. The van der Waals surface area contributed by atoms with Gasteiger partial charge in [0.2, 0.25) is 5.91 Å². The van der Waals surface area contributed by atoms with Crippen LogP contribution >= 0.6 is 0 Å². The average molecular weight is 291 g/mol. The summed E-state index contributed by atoms with van der Waals surface area (Å²) >= 11 is 0. The van der Waals surface area contributed by atoms with Crippen LogP contribution in [0, 0.1) is 22.7 Å². The number of hydrogen-bond acceptors (Lipinski definition) is 1. The van der Waals surface area contributed by atoms with Crippen LogP contribution in [0.25, 0.3) is 0 Å². The van der Waals surface area contributed by atoms with Gasteiger partial charge < -0.3 is 4.90 Å². The number of piperidine rings is 1. The van der Waals surface area contributed by atoms with Crippen molar-refractivity contribution in [1.82, 2.24) is 4.90 Å². The Morgan fingerprint density at radius 2 is 1.81 bits per heavy atom. The van der Waals surface area contributed by atoms with Crippen molar-refractivity contribution in [3.05, 3.63) is 0 Å². The summed E-state index contributed by atoms with van der Waals surface area (Å²) < 4.78 is 0. The molecule has 1 aliphatic heterocycles. The zero-order chi connectivity index (χ0) is 15.1. The molecule has 2 aliphatic carbocycles. The number of nitrogens with zero attached hydrogens (tertiary/aromatic N) is 1. The maximum atomic E-state index is 12.6. The monoisotopic (exact) mass is 291 g/mol. The van der Waals surface area contributed by atoms with Crippen LogP contribution < -0.4 is 0 Å². The minimum absolute atomic E-state index is 0.344. The van der Waals surface area contributed by atoms with E-state index in [1.54, 1.807) is 0 Å². The molecular formula is C19H33NO. The van der Waals surface area contributed by atoms with Crippen LogP contribution in [0.3, 0.4) is 0 Å². The van der Waals surface area contributed by atoms with Crippen molar-refractivity contribution in [1.29, 1.82) is 0 Å². The van der Waals surface area contributed by atoms with E-state index in [0.717, 1.165) is 37.8 Å². The highest BCUT2D eigenvalue weighted by Crippen LogP contribution is 2.59. The van der Waals surface area contributed by atoms with E-state index in [0.29, 0.717) is 16.7 Å². The maximum Gasteiger partial charge on any atom is 0.222 e. The number of rotatable bonds is 3. The van der Waals surface area contributed by atoms with Crippen molar-refractivity contribution < 1.29 is 4.79 Å². The zero-order valence-electron chi connectivity index (χ0n) is 14.3. The van der Waals surface area contributed by atoms with Gasteiger partial charge in [-0.25, -0.2) is 0 Å². The van der Waals surface area contributed by atoms with Gasteiger partial charge in [0.25, 0.3) is 0 Å². The highest BCUT2D eigenvalue weighted by molar-refractivity contribution is 5.76. The van der Waals surface area contributed by atoms with Crippen LogP contribution in [0.5, 0.6) is 0 Å². The molecule has 0 spiro atoms. The summed E-state index contributed by atoms with van der Waals surface area (Å²) in [5.74, 6) is 1.99. The lowest BCUT2D eigenvalue weighted by Gasteiger charge is -2.50. The van der Waals surface area contributed by atoms with E-state index < -0.39 is 0 Å². The van der Waals surface area contributed by atoms with Crippen molar-refractivity contribution in [3.63, 3.8) is 0 Å². The van der Waals surface area contributed by atoms with Gasteiger partial charge in [0, 0.05) is 19.5 Å². The molecule has 120 valence electrons. The quantitative estimate of drug-likeness (QED) is 0.742.